The number of amides is 1. The lowest BCUT2D eigenvalue weighted by Crippen LogP contribution is -2.42. The standard InChI is InChI=1S/C25H29ClN2O3S/c1-2-28(21-8-4-3-5-9-21)25(29)17-27-16-24(22-10-6-7-11-23(22)27)32(30,31)18-19-12-14-20(26)15-13-19/h6-7,10-16,21H,2-5,8-9,17-18H2,1H3. The molecule has 0 spiro atoms. The smallest absolute Gasteiger partial charge is 0.242 e. The Morgan fingerprint density at radius 1 is 1.06 bits per heavy atom. The fourth-order valence-corrected chi connectivity index (χ4v) is 6.45. The molecular weight excluding hydrogens is 444 g/mol. The number of rotatable bonds is 7. The predicted molar refractivity (Wildman–Crippen MR) is 129 cm³/mol. The van der Waals surface area contributed by atoms with E-state index in [0.29, 0.717) is 22.5 Å². The molecule has 4 rings (SSSR count). The molecule has 7 heteroatoms. The van der Waals surface area contributed by atoms with E-state index in [1.807, 2.05) is 36.1 Å². The maximum atomic E-state index is 13.3. The molecule has 2 aromatic carbocycles. The molecule has 0 atom stereocenters. The van der Waals surface area contributed by atoms with Crippen LogP contribution in [-0.4, -0.2) is 36.4 Å². The normalized spacial score (nSPS) is 15.2. The van der Waals surface area contributed by atoms with Crippen molar-refractivity contribution in [1.29, 1.82) is 0 Å². The molecule has 1 aliphatic rings. The van der Waals surface area contributed by atoms with Crippen molar-refractivity contribution in [2.45, 2.75) is 62.3 Å². The van der Waals surface area contributed by atoms with Crippen molar-refractivity contribution in [3.05, 3.63) is 65.3 Å². The molecule has 32 heavy (non-hydrogen) atoms. The van der Waals surface area contributed by atoms with Crippen LogP contribution in [0.25, 0.3) is 10.9 Å². The number of nitrogens with zero attached hydrogens (tertiary/aromatic N) is 2. The number of carbonyl (C=O) groups is 1. The molecule has 0 N–H and O–H groups in total. The molecule has 1 heterocycles. The van der Waals surface area contributed by atoms with Gasteiger partial charge < -0.3 is 9.47 Å². The van der Waals surface area contributed by atoms with Crippen LogP contribution in [0.1, 0.15) is 44.6 Å². The Kier molecular flexibility index (Phi) is 6.91. The molecule has 1 saturated carbocycles. The van der Waals surface area contributed by atoms with E-state index in [0.717, 1.165) is 31.2 Å². The van der Waals surface area contributed by atoms with E-state index in [1.165, 1.54) is 6.42 Å². The van der Waals surface area contributed by atoms with Gasteiger partial charge in [-0.3, -0.25) is 4.79 Å². The van der Waals surface area contributed by atoms with Gasteiger partial charge in [0.25, 0.3) is 0 Å². The molecule has 0 aliphatic heterocycles. The first-order chi connectivity index (χ1) is 15.4. The second kappa shape index (κ2) is 9.67. The number of para-hydroxylation sites is 1. The third-order valence-electron chi connectivity index (χ3n) is 6.34. The van der Waals surface area contributed by atoms with Crippen molar-refractivity contribution < 1.29 is 13.2 Å². The number of likely N-dealkylation sites (N-methyl/N-ethyl adjacent to an activating group) is 1. The average molecular weight is 473 g/mol. The summed E-state index contributed by atoms with van der Waals surface area (Å²) in [6.45, 7) is 2.83. The van der Waals surface area contributed by atoms with E-state index in [1.54, 1.807) is 35.0 Å². The minimum Gasteiger partial charge on any atom is -0.338 e. The van der Waals surface area contributed by atoms with Crippen LogP contribution in [0.4, 0.5) is 0 Å². The van der Waals surface area contributed by atoms with Crippen LogP contribution in [0.2, 0.25) is 5.02 Å². The number of hydrogen-bond donors (Lipinski definition) is 0. The zero-order valence-corrected chi connectivity index (χ0v) is 19.9. The van der Waals surface area contributed by atoms with Crippen molar-refractivity contribution in [1.82, 2.24) is 9.47 Å². The monoisotopic (exact) mass is 472 g/mol. The Hall–Kier alpha value is -2.31. The Balaban J connectivity index is 1.63. The van der Waals surface area contributed by atoms with Crippen LogP contribution in [0.15, 0.2) is 59.6 Å². The third-order valence-corrected chi connectivity index (χ3v) is 8.30. The fourth-order valence-electron chi connectivity index (χ4n) is 4.74. The van der Waals surface area contributed by atoms with E-state index in [2.05, 4.69) is 0 Å². The summed E-state index contributed by atoms with van der Waals surface area (Å²) in [7, 11) is -3.60. The quantitative estimate of drug-likeness (QED) is 0.459. The van der Waals surface area contributed by atoms with Crippen LogP contribution in [0.3, 0.4) is 0 Å². The van der Waals surface area contributed by atoms with E-state index in [9.17, 15) is 13.2 Å². The fraction of sp³-hybridized carbons (Fsp3) is 0.400. The molecule has 3 aromatic rings. The molecule has 5 nitrogen and oxygen atoms in total. The zero-order valence-electron chi connectivity index (χ0n) is 18.3. The molecule has 1 fully saturated rings. The van der Waals surface area contributed by atoms with Crippen LogP contribution in [0, 0.1) is 0 Å². The van der Waals surface area contributed by atoms with Gasteiger partial charge in [-0.25, -0.2) is 8.42 Å². The van der Waals surface area contributed by atoms with Crippen molar-refractivity contribution in [3.63, 3.8) is 0 Å². The highest BCUT2D eigenvalue weighted by Crippen LogP contribution is 2.29. The molecule has 170 valence electrons. The summed E-state index contributed by atoms with van der Waals surface area (Å²) in [4.78, 5) is 15.4. The van der Waals surface area contributed by atoms with Gasteiger partial charge in [0, 0.05) is 34.7 Å². The minimum atomic E-state index is -3.60. The number of sulfone groups is 1. The number of fused-ring (bicyclic) bond motifs is 1. The second-order valence-corrected chi connectivity index (χ2v) is 10.9. The summed E-state index contributed by atoms with van der Waals surface area (Å²) in [6, 6.07) is 14.5. The largest absolute Gasteiger partial charge is 0.338 e. The minimum absolute atomic E-state index is 0.0433. The van der Waals surface area contributed by atoms with Gasteiger partial charge in [-0.1, -0.05) is 61.2 Å². The number of aromatic nitrogens is 1. The van der Waals surface area contributed by atoms with E-state index >= 15 is 0 Å². The Labute approximate surface area is 194 Å². The molecular formula is C25H29ClN2O3S. The van der Waals surface area contributed by atoms with Crippen molar-refractivity contribution in [3.8, 4) is 0 Å². The molecule has 0 radical (unpaired) electrons. The van der Waals surface area contributed by atoms with Gasteiger partial charge in [0.2, 0.25) is 5.91 Å². The second-order valence-electron chi connectivity index (χ2n) is 8.50. The lowest BCUT2D eigenvalue weighted by molar-refractivity contribution is -0.134. The Morgan fingerprint density at radius 3 is 2.44 bits per heavy atom. The summed E-state index contributed by atoms with van der Waals surface area (Å²) in [6.07, 6.45) is 7.28. The summed E-state index contributed by atoms with van der Waals surface area (Å²) >= 11 is 5.93. The zero-order chi connectivity index (χ0) is 22.7. The highest BCUT2D eigenvalue weighted by Gasteiger charge is 2.26. The van der Waals surface area contributed by atoms with Crippen LogP contribution in [0.5, 0.6) is 0 Å². The lowest BCUT2D eigenvalue weighted by atomic mass is 9.94. The molecule has 0 saturated heterocycles. The third kappa shape index (κ3) is 4.86. The molecule has 1 amide bonds. The Bertz CT molecular complexity index is 1200. The summed E-state index contributed by atoms with van der Waals surface area (Å²) in [5, 5.41) is 1.22. The van der Waals surface area contributed by atoms with Crippen LogP contribution >= 0.6 is 11.6 Å². The summed E-state index contributed by atoms with van der Waals surface area (Å²) in [5.74, 6) is -0.0725. The topological polar surface area (TPSA) is 59.4 Å². The van der Waals surface area contributed by atoms with Gasteiger partial charge in [-0.15, -0.1) is 0 Å². The highest BCUT2D eigenvalue weighted by molar-refractivity contribution is 7.90. The van der Waals surface area contributed by atoms with Gasteiger partial charge in [-0.2, -0.15) is 0 Å². The maximum Gasteiger partial charge on any atom is 0.242 e. The summed E-state index contributed by atoms with van der Waals surface area (Å²) in [5.41, 5.74) is 1.44. The molecule has 0 bridgehead atoms. The first kappa shape index (κ1) is 22.9. The maximum absolute atomic E-state index is 13.3. The Morgan fingerprint density at radius 2 is 1.75 bits per heavy atom. The van der Waals surface area contributed by atoms with Crippen molar-refractivity contribution in [2.24, 2.45) is 0 Å². The first-order valence-electron chi connectivity index (χ1n) is 11.2. The van der Waals surface area contributed by atoms with Gasteiger partial charge in [0.05, 0.1) is 10.6 Å². The van der Waals surface area contributed by atoms with Gasteiger partial charge in [-0.05, 0) is 43.5 Å². The highest BCUT2D eigenvalue weighted by atomic mass is 35.5. The molecule has 0 unspecified atom stereocenters. The number of halogens is 1. The van der Waals surface area contributed by atoms with Gasteiger partial charge in [0.1, 0.15) is 6.54 Å². The van der Waals surface area contributed by atoms with Gasteiger partial charge in [0.15, 0.2) is 9.84 Å². The van der Waals surface area contributed by atoms with E-state index < -0.39 is 9.84 Å². The van der Waals surface area contributed by atoms with E-state index in [-0.39, 0.29) is 29.1 Å². The van der Waals surface area contributed by atoms with Crippen molar-refractivity contribution >= 4 is 38.2 Å². The first-order valence-corrected chi connectivity index (χ1v) is 13.3. The average Bonchev–Trinajstić information content (AvgIpc) is 3.16. The predicted octanol–water partition coefficient (Wildman–Crippen LogP) is 5.45. The number of carbonyl (C=O) groups excluding carboxylic acids is 1. The van der Waals surface area contributed by atoms with Crippen molar-refractivity contribution in [2.75, 3.05) is 6.54 Å². The van der Waals surface area contributed by atoms with E-state index in [4.69, 9.17) is 11.6 Å². The van der Waals surface area contributed by atoms with Crippen LogP contribution < -0.4 is 0 Å². The number of hydrogen-bond acceptors (Lipinski definition) is 3. The van der Waals surface area contributed by atoms with Crippen LogP contribution in [-0.2, 0) is 26.9 Å². The van der Waals surface area contributed by atoms with Gasteiger partial charge >= 0.3 is 0 Å². The number of benzene rings is 2. The molecule has 1 aliphatic carbocycles. The lowest BCUT2D eigenvalue weighted by Gasteiger charge is -2.33. The summed E-state index contributed by atoms with van der Waals surface area (Å²) < 4.78 is 28.4. The SMILES string of the molecule is CCN(C(=O)Cn1cc(S(=O)(=O)Cc2ccc(Cl)cc2)c2ccccc21)C1CCCCC1. The molecule has 1 aromatic heterocycles.